The summed E-state index contributed by atoms with van der Waals surface area (Å²) in [6.45, 7) is 0. The van der Waals surface area contributed by atoms with Gasteiger partial charge in [0.05, 0.1) is 27.6 Å². The van der Waals surface area contributed by atoms with Crippen LogP contribution in [-0.4, -0.2) is 19.5 Å². The van der Waals surface area contributed by atoms with Gasteiger partial charge >= 0.3 is 0 Å². The number of hydrogen-bond acceptors (Lipinski definition) is 3. The number of aromatic nitrogens is 4. The number of hydrogen-bond donors (Lipinski definition) is 0. The van der Waals surface area contributed by atoms with Crippen molar-refractivity contribution < 1.29 is 0 Å². The van der Waals surface area contributed by atoms with Crippen molar-refractivity contribution in [1.82, 2.24) is 19.5 Å². The van der Waals surface area contributed by atoms with Gasteiger partial charge < -0.3 is 4.57 Å². The molecular formula is C59H38N4. The second-order valence-electron chi connectivity index (χ2n) is 16.7. The summed E-state index contributed by atoms with van der Waals surface area (Å²) >= 11 is 0. The van der Waals surface area contributed by atoms with E-state index in [4.69, 9.17) is 15.0 Å². The van der Waals surface area contributed by atoms with Crippen LogP contribution < -0.4 is 0 Å². The molecule has 0 spiro atoms. The van der Waals surface area contributed by atoms with Crippen LogP contribution in [0.2, 0.25) is 0 Å². The van der Waals surface area contributed by atoms with E-state index in [9.17, 15) is 0 Å². The average Bonchev–Trinajstić information content (AvgIpc) is 3.71. The van der Waals surface area contributed by atoms with Crippen molar-refractivity contribution >= 4 is 21.8 Å². The Morgan fingerprint density at radius 3 is 1.11 bits per heavy atom. The van der Waals surface area contributed by atoms with Gasteiger partial charge in [-0.25, -0.2) is 15.0 Å². The molecule has 2 aromatic heterocycles. The van der Waals surface area contributed by atoms with Gasteiger partial charge in [0.25, 0.3) is 0 Å². The predicted octanol–water partition coefficient (Wildman–Crippen LogP) is 13.4. The highest BCUT2D eigenvalue weighted by atomic mass is 15.0. The highest BCUT2D eigenvalue weighted by molar-refractivity contribution is 6.16. The highest BCUT2D eigenvalue weighted by Crippen LogP contribution is 2.62. The predicted molar refractivity (Wildman–Crippen MR) is 254 cm³/mol. The van der Waals surface area contributed by atoms with E-state index >= 15 is 0 Å². The fraction of sp³-hybridized carbons (Fsp3) is 0.0339. The zero-order valence-corrected chi connectivity index (χ0v) is 34.2. The Balaban J connectivity index is 1.25. The first kappa shape index (κ1) is 35.5. The molecule has 0 saturated heterocycles. The van der Waals surface area contributed by atoms with Crippen molar-refractivity contribution in [2.24, 2.45) is 0 Å². The summed E-state index contributed by atoms with van der Waals surface area (Å²) in [4.78, 5) is 15.7. The standard InChI is InChI=1S/C59H38N4/c1-7-21-39(22-8-1)55-60-56(40-23-9-2-10-24-40)62-57(61-55)41-37-47-46-33-19-34-48-52(46)63-53(47)51(38-41)59(44-29-15-5-16-30-44,45-31-17-6-18-32-45)50-36-20-35-49(54(50)63)58(48,42-25-11-3-12-26-42)43-27-13-4-14-28-43/h1-38H. The van der Waals surface area contributed by atoms with E-state index in [1.165, 1.54) is 66.6 Å². The summed E-state index contributed by atoms with van der Waals surface area (Å²) in [5.41, 5.74) is 14.9. The van der Waals surface area contributed by atoms with E-state index in [0.29, 0.717) is 17.5 Å². The zero-order valence-electron chi connectivity index (χ0n) is 34.2. The molecule has 4 heterocycles. The Morgan fingerprint density at radius 1 is 0.286 bits per heavy atom. The van der Waals surface area contributed by atoms with Crippen molar-refractivity contribution in [3.05, 3.63) is 275 Å². The minimum atomic E-state index is -0.735. The summed E-state index contributed by atoms with van der Waals surface area (Å²) in [5.74, 6) is 1.91. The van der Waals surface area contributed by atoms with Crippen LogP contribution in [0.3, 0.4) is 0 Å². The molecule has 0 radical (unpaired) electrons. The SMILES string of the molecule is c1ccc(-c2nc(-c3ccccc3)nc(-c3cc4c5c(c3)c3cccc6c3n5-c3c(cccc3C4(c3ccccc3)c3ccccc3)C6(c3ccccc3)c3ccccc3)n2)cc1. The smallest absolute Gasteiger partial charge is 0.164 e. The van der Waals surface area contributed by atoms with Crippen molar-refractivity contribution in [3.8, 4) is 39.9 Å². The van der Waals surface area contributed by atoms with Gasteiger partial charge in [-0.1, -0.05) is 218 Å². The molecular weight excluding hydrogens is 765 g/mol. The first-order valence-electron chi connectivity index (χ1n) is 21.6. The van der Waals surface area contributed by atoms with Gasteiger partial charge in [-0.3, -0.25) is 0 Å². The lowest BCUT2D eigenvalue weighted by Gasteiger charge is -2.47. The molecule has 0 N–H and O–H groups in total. The number of nitrogens with zero attached hydrogens (tertiary/aromatic N) is 4. The lowest BCUT2D eigenvalue weighted by atomic mass is 9.58. The van der Waals surface area contributed by atoms with E-state index in [1.54, 1.807) is 0 Å². The third-order valence-electron chi connectivity index (χ3n) is 13.5. The van der Waals surface area contributed by atoms with E-state index in [2.05, 4.69) is 199 Å². The first-order chi connectivity index (χ1) is 31.3. The molecule has 2 aliphatic heterocycles. The molecule has 294 valence electrons. The first-order valence-corrected chi connectivity index (χ1v) is 21.6. The molecule has 0 saturated carbocycles. The second kappa shape index (κ2) is 13.7. The van der Waals surface area contributed by atoms with E-state index in [1.807, 2.05) is 36.4 Å². The fourth-order valence-corrected chi connectivity index (χ4v) is 11.1. The molecule has 13 rings (SSSR count). The number of rotatable bonds is 7. The monoisotopic (exact) mass is 802 g/mol. The molecule has 0 amide bonds. The van der Waals surface area contributed by atoms with Gasteiger partial charge in [0.15, 0.2) is 17.5 Å². The normalized spacial score (nSPS) is 14.0. The lowest BCUT2D eigenvalue weighted by molar-refractivity contribution is 0.684. The number of fused-ring (bicyclic) bond motifs is 1. The van der Waals surface area contributed by atoms with Crippen molar-refractivity contribution in [2.75, 3.05) is 0 Å². The van der Waals surface area contributed by atoms with Crippen LogP contribution in [0.5, 0.6) is 0 Å². The Labute approximate surface area is 365 Å². The molecule has 0 fully saturated rings. The Morgan fingerprint density at radius 2 is 0.651 bits per heavy atom. The molecule has 9 aromatic carbocycles. The van der Waals surface area contributed by atoms with Gasteiger partial charge in [0.2, 0.25) is 0 Å². The second-order valence-corrected chi connectivity index (χ2v) is 16.7. The summed E-state index contributed by atoms with van der Waals surface area (Å²) < 4.78 is 2.61. The molecule has 2 aliphatic rings. The van der Waals surface area contributed by atoms with Gasteiger partial charge in [-0.2, -0.15) is 0 Å². The van der Waals surface area contributed by atoms with Crippen LogP contribution in [0.1, 0.15) is 44.5 Å². The minimum Gasteiger partial charge on any atom is -0.308 e. The topological polar surface area (TPSA) is 43.6 Å². The van der Waals surface area contributed by atoms with Crippen LogP contribution in [0.25, 0.3) is 61.7 Å². The number of benzene rings is 9. The van der Waals surface area contributed by atoms with E-state index in [0.717, 1.165) is 22.1 Å². The minimum absolute atomic E-state index is 0.624. The summed E-state index contributed by atoms with van der Waals surface area (Å²) in [6.07, 6.45) is 0. The Hall–Kier alpha value is -8.21. The maximum absolute atomic E-state index is 5.33. The molecule has 0 unspecified atom stereocenters. The van der Waals surface area contributed by atoms with E-state index in [-0.39, 0.29) is 0 Å². The molecule has 63 heavy (non-hydrogen) atoms. The van der Waals surface area contributed by atoms with Crippen LogP contribution in [-0.2, 0) is 10.8 Å². The highest BCUT2D eigenvalue weighted by Gasteiger charge is 2.52. The summed E-state index contributed by atoms with van der Waals surface area (Å²) in [7, 11) is 0. The van der Waals surface area contributed by atoms with Crippen LogP contribution in [0.4, 0.5) is 0 Å². The lowest BCUT2D eigenvalue weighted by Crippen LogP contribution is -2.41. The third-order valence-corrected chi connectivity index (χ3v) is 13.5. The molecule has 4 heteroatoms. The Bertz CT molecular complexity index is 3390. The zero-order chi connectivity index (χ0) is 41.5. The van der Waals surface area contributed by atoms with Crippen molar-refractivity contribution in [3.63, 3.8) is 0 Å². The largest absolute Gasteiger partial charge is 0.308 e. The molecule has 0 bridgehead atoms. The van der Waals surface area contributed by atoms with Gasteiger partial charge in [-0.15, -0.1) is 0 Å². The summed E-state index contributed by atoms with van der Waals surface area (Å²) in [6, 6.07) is 83.6. The maximum atomic E-state index is 5.33. The van der Waals surface area contributed by atoms with Gasteiger partial charge in [0.1, 0.15) is 0 Å². The average molecular weight is 803 g/mol. The Kier molecular flexibility index (Phi) is 7.70. The van der Waals surface area contributed by atoms with Crippen molar-refractivity contribution in [1.29, 1.82) is 0 Å². The van der Waals surface area contributed by atoms with Crippen LogP contribution in [0, 0.1) is 0 Å². The van der Waals surface area contributed by atoms with Crippen molar-refractivity contribution in [2.45, 2.75) is 10.8 Å². The number of para-hydroxylation sites is 2. The molecule has 0 atom stereocenters. The molecule has 11 aromatic rings. The fourth-order valence-electron chi connectivity index (χ4n) is 11.1. The molecule has 0 aliphatic carbocycles. The summed E-state index contributed by atoms with van der Waals surface area (Å²) in [5, 5.41) is 2.36. The molecule has 4 nitrogen and oxygen atoms in total. The van der Waals surface area contributed by atoms with E-state index < -0.39 is 10.8 Å². The van der Waals surface area contributed by atoms with Crippen LogP contribution in [0.15, 0.2) is 231 Å². The third kappa shape index (κ3) is 4.89. The van der Waals surface area contributed by atoms with Crippen LogP contribution >= 0.6 is 0 Å². The quantitative estimate of drug-likeness (QED) is 0.161. The van der Waals surface area contributed by atoms with Gasteiger partial charge in [0, 0.05) is 27.5 Å². The maximum Gasteiger partial charge on any atom is 0.164 e. The van der Waals surface area contributed by atoms with Gasteiger partial charge in [-0.05, 0) is 56.6 Å².